The Kier molecular flexibility index (Phi) is 3.36. The smallest absolute Gasteiger partial charge is 0.0283 e. The number of rotatable bonds is 4. The van der Waals surface area contributed by atoms with Crippen LogP contribution in [-0.4, -0.2) is 18.6 Å². The van der Waals surface area contributed by atoms with E-state index in [1.165, 1.54) is 38.6 Å². The number of hydrogen-bond donors (Lipinski definition) is 2. The van der Waals surface area contributed by atoms with Crippen molar-refractivity contribution in [2.75, 3.05) is 13.1 Å². The van der Waals surface area contributed by atoms with Gasteiger partial charge in [-0.3, -0.25) is 0 Å². The second kappa shape index (κ2) is 4.42. The summed E-state index contributed by atoms with van der Waals surface area (Å²) in [7, 11) is 0. The fourth-order valence-corrected chi connectivity index (χ4v) is 3.05. The Hall–Kier alpha value is -0.0800. The molecule has 2 nitrogen and oxygen atoms in total. The quantitative estimate of drug-likeness (QED) is 0.746. The second-order valence-corrected chi connectivity index (χ2v) is 6.17. The maximum Gasteiger partial charge on any atom is 0.0283 e. The Balaban J connectivity index is 1.67. The van der Waals surface area contributed by atoms with E-state index in [2.05, 4.69) is 19.2 Å². The molecule has 88 valence electrons. The van der Waals surface area contributed by atoms with Gasteiger partial charge in [-0.2, -0.15) is 0 Å². The Labute approximate surface area is 94.0 Å². The summed E-state index contributed by atoms with van der Waals surface area (Å²) in [6.07, 6.45) is 6.53. The minimum Gasteiger partial charge on any atom is -0.324 e. The predicted octanol–water partition coefficient (Wildman–Crippen LogP) is 2.14. The lowest BCUT2D eigenvalue weighted by Crippen LogP contribution is -2.51. The van der Waals surface area contributed by atoms with Gasteiger partial charge in [-0.1, -0.05) is 26.7 Å². The zero-order valence-corrected chi connectivity index (χ0v) is 10.3. The average Bonchev–Trinajstić information content (AvgIpc) is 2.81. The van der Waals surface area contributed by atoms with Crippen LogP contribution in [0, 0.1) is 17.8 Å². The summed E-state index contributed by atoms with van der Waals surface area (Å²) >= 11 is 0. The molecule has 0 aromatic heterocycles. The van der Waals surface area contributed by atoms with Gasteiger partial charge >= 0.3 is 0 Å². The van der Waals surface area contributed by atoms with Gasteiger partial charge < -0.3 is 11.1 Å². The molecule has 2 heteroatoms. The van der Waals surface area contributed by atoms with Gasteiger partial charge in [0.1, 0.15) is 0 Å². The molecule has 0 radical (unpaired) electrons. The van der Waals surface area contributed by atoms with E-state index in [9.17, 15) is 0 Å². The van der Waals surface area contributed by atoms with Crippen LogP contribution in [0.3, 0.4) is 0 Å². The maximum atomic E-state index is 6.43. The van der Waals surface area contributed by atoms with E-state index in [0.717, 1.165) is 24.3 Å². The van der Waals surface area contributed by atoms with Crippen molar-refractivity contribution in [1.82, 2.24) is 5.32 Å². The van der Waals surface area contributed by atoms with Crippen LogP contribution in [0.1, 0.15) is 46.0 Å². The van der Waals surface area contributed by atoms with Crippen LogP contribution in [0.4, 0.5) is 0 Å². The van der Waals surface area contributed by atoms with Crippen LogP contribution in [0.15, 0.2) is 0 Å². The Morgan fingerprint density at radius 3 is 2.73 bits per heavy atom. The maximum absolute atomic E-state index is 6.43. The minimum atomic E-state index is 0.0931. The standard InChI is InChI=1S/C13H26N2/c1-10-4-3-5-13(14,7-10)9-15-8-12-6-11(12)2/h10-12,15H,3-9,14H2,1-2H3. The highest BCUT2D eigenvalue weighted by atomic mass is 14.9. The third-order valence-electron chi connectivity index (χ3n) is 4.29. The van der Waals surface area contributed by atoms with E-state index in [4.69, 9.17) is 5.73 Å². The molecule has 3 N–H and O–H groups in total. The van der Waals surface area contributed by atoms with Crippen molar-refractivity contribution in [2.24, 2.45) is 23.5 Å². The van der Waals surface area contributed by atoms with Crippen molar-refractivity contribution < 1.29 is 0 Å². The van der Waals surface area contributed by atoms with E-state index < -0.39 is 0 Å². The van der Waals surface area contributed by atoms with Crippen molar-refractivity contribution in [2.45, 2.75) is 51.5 Å². The van der Waals surface area contributed by atoms with Crippen molar-refractivity contribution in [3.63, 3.8) is 0 Å². The number of hydrogen-bond acceptors (Lipinski definition) is 2. The van der Waals surface area contributed by atoms with E-state index in [1.54, 1.807) is 0 Å². The molecular formula is C13H26N2. The molecule has 4 atom stereocenters. The van der Waals surface area contributed by atoms with E-state index in [-0.39, 0.29) is 5.54 Å². The molecule has 0 heterocycles. The molecule has 0 amide bonds. The number of nitrogens with one attached hydrogen (secondary N) is 1. The van der Waals surface area contributed by atoms with Gasteiger partial charge in [-0.15, -0.1) is 0 Å². The zero-order chi connectivity index (χ0) is 10.9. The molecule has 2 aliphatic carbocycles. The summed E-state index contributed by atoms with van der Waals surface area (Å²) in [5, 5.41) is 3.58. The highest BCUT2D eigenvalue weighted by molar-refractivity contribution is 4.93. The van der Waals surface area contributed by atoms with Crippen LogP contribution in [0.25, 0.3) is 0 Å². The molecule has 0 bridgehead atoms. The van der Waals surface area contributed by atoms with Gasteiger partial charge in [0.25, 0.3) is 0 Å². The van der Waals surface area contributed by atoms with Gasteiger partial charge in [-0.25, -0.2) is 0 Å². The first-order valence-electron chi connectivity index (χ1n) is 6.59. The lowest BCUT2D eigenvalue weighted by molar-refractivity contribution is 0.229. The van der Waals surface area contributed by atoms with Crippen LogP contribution < -0.4 is 11.1 Å². The molecule has 15 heavy (non-hydrogen) atoms. The SMILES string of the molecule is CC1CCCC(N)(CNCC2CC2C)C1. The van der Waals surface area contributed by atoms with E-state index in [1.807, 2.05) is 0 Å². The van der Waals surface area contributed by atoms with Gasteiger partial charge in [0, 0.05) is 12.1 Å². The molecule has 4 unspecified atom stereocenters. The Morgan fingerprint density at radius 2 is 2.13 bits per heavy atom. The van der Waals surface area contributed by atoms with Crippen LogP contribution in [-0.2, 0) is 0 Å². The fourth-order valence-electron chi connectivity index (χ4n) is 3.05. The van der Waals surface area contributed by atoms with Gasteiger partial charge in [0.2, 0.25) is 0 Å². The molecule has 0 aromatic rings. The molecule has 2 rings (SSSR count). The predicted molar refractivity (Wildman–Crippen MR) is 64.7 cm³/mol. The highest BCUT2D eigenvalue weighted by Gasteiger charge is 2.34. The Bertz CT molecular complexity index is 217. The second-order valence-electron chi connectivity index (χ2n) is 6.17. The molecule has 2 aliphatic rings. The average molecular weight is 210 g/mol. The van der Waals surface area contributed by atoms with Crippen molar-refractivity contribution in [3.05, 3.63) is 0 Å². The highest BCUT2D eigenvalue weighted by Crippen LogP contribution is 2.37. The summed E-state index contributed by atoms with van der Waals surface area (Å²) < 4.78 is 0. The van der Waals surface area contributed by atoms with Crippen molar-refractivity contribution >= 4 is 0 Å². The summed E-state index contributed by atoms with van der Waals surface area (Å²) in [6, 6.07) is 0. The van der Waals surface area contributed by atoms with Gasteiger partial charge in [-0.05, 0) is 43.6 Å². The molecule has 0 saturated heterocycles. The lowest BCUT2D eigenvalue weighted by Gasteiger charge is -2.37. The lowest BCUT2D eigenvalue weighted by atomic mass is 9.77. The molecule has 0 aromatic carbocycles. The van der Waals surface area contributed by atoms with Gasteiger partial charge in [0.15, 0.2) is 0 Å². The van der Waals surface area contributed by atoms with Crippen LogP contribution in [0.5, 0.6) is 0 Å². The summed E-state index contributed by atoms with van der Waals surface area (Å²) in [4.78, 5) is 0. The Morgan fingerprint density at radius 1 is 1.40 bits per heavy atom. The molecule has 0 spiro atoms. The summed E-state index contributed by atoms with van der Waals surface area (Å²) in [6.45, 7) is 6.89. The third-order valence-corrected chi connectivity index (χ3v) is 4.29. The summed E-state index contributed by atoms with van der Waals surface area (Å²) in [5.74, 6) is 2.72. The third kappa shape index (κ3) is 3.18. The topological polar surface area (TPSA) is 38.0 Å². The molecule has 0 aliphatic heterocycles. The van der Waals surface area contributed by atoms with E-state index in [0.29, 0.717) is 0 Å². The van der Waals surface area contributed by atoms with E-state index >= 15 is 0 Å². The van der Waals surface area contributed by atoms with Crippen molar-refractivity contribution in [3.8, 4) is 0 Å². The first-order valence-corrected chi connectivity index (χ1v) is 6.59. The molecule has 2 fully saturated rings. The number of nitrogens with two attached hydrogens (primary N) is 1. The monoisotopic (exact) mass is 210 g/mol. The normalized spacial score (nSPS) is 45.4. The van der Waals surface area contributed by atoms with Crippen LogP contribution >= 0.6 is 0 Å². The largest absolute Gasteiger partial charge is 0.324 e. The fraction of sp³-hybridized carbons (Fsp3) is 1.00. The molecular weight excluding hydrogens is 184 g/mol. The van der Waals surface area contributed by atoms with Gasteiger partial charge in [0.05, 0.1) is 0 Å². The van der Waals surface area contributed by atoms with Crippen LogP contribution in [0.2, 0.25) is 0 Å². The summed E-state index contributed by atoms with van der Waals surface area (Å²) in [5.41, 5.74) is 6.52. The zero-order valence-electron chi connectivity index (χ0n) is 10.3. The van der Waals surface area contributed by atoms with Crippen molar-refractivity contribution in [1.29, 1.82) is 0 Å². The first-order chi connectivity index (χ1) is 7.09. The molecule has 2 saturated carbocycles. The minimum absolute atomic E-state index is 0.0931. The first kappa shape index (κ1) is 11.4.